The molecule has 1 N–H and O–H groups in total. The van der Waals surface area contributed by atoms with Crippen molar-refractivity contribution in [1.29, 1.82) is 0 Å². The fourth-order valence-corrected chi connectivity index (χ4v) is 2.30. The minimum Gasteiger partial charge on any atom is -0.360 e. The molecule has 0 aliphatic heterocycles. The number of fused-ring (bicyclic) bond motifs is 1. The van der Waals surface area contributed by atoms with Crippen LogP contribution >= 0.6 is 34.8 Å². The molecule has 0 spiro atoms. The highest BCUT2D eigenvalue weighted by molar-refractivity contribution is 6.77. The number of benzene rings is 1. The van der Waals surface area contributed by atoms with Gasteiger partial charge in [0.1, 0.15) is 0 Å². The van der Waals surface area contributed by atoms with Crippen molar-refractivity contribution in [3.05, 3.63) is 35.0 Å². The van der Waals surface area contributed by atoms with E-state index < -0.39 is 9.58 Å². The Bertz CT molecular complexity index is 596. The third-order valence-electron chi connectivity index (χ3n) is 2.62. The zero-order chi connectivity index (χ0) is 12.8. The summed E-state index contributed by atoms with van der Waals surface area (Å²) < 4.78 is -1.92. The predicted octanol–water partition coefficient (Wildman–Crippen LogP) is 4.34. The normalized spacial score (nSPS) is 12.1. The summed E-state index contributed by atoms with van der Waals surface area (Å²) in [6.07, 6.45) is 1.58. The number of aryl methyl sites for hydroxylation is 2. The van der Waals surface area contributed by atoms with E-state index >= 15 is 0 Å². The van der Waals surface area contributed by atoms with Crippen LogP contribution in [0.5, 0.6) is 0 Å². The minimum absolute atomic E-state index is 0.414. The lowest BCUT2D eigenvalue weighted by Gasteiger charge is -2.09. The van der Waals surface area contributed by atoms with Crippen LogP contribution in [0.2, 0.25) is 0 Å². The number of nitrogens with one attached hydrogen (secondary N) is 1. The molecule has 2 rings (SSSR count). The Morgan fingerprint density at radius 1 is 1.24 bits per heavy atom. The number of aromatic amines is 1. The van der Waals surface area contributed by atoms with Crippen molar-refractivity contribution >= 4 is 51.5 Å². The Labute approximate surface area is 114 Å². The number of hydrogen-bond donors (Lipinski definition) is 1. The number of halogens is 3. The molecule has 1 heterocycles. The van der Waals surface area contributed by atoms with Gasteiger partial charge in [0.2, 0.25) is 5.78 Å². The van der Waals surface area contributed by atoms with Gasteiger partial charge in [-0.3, -0.25) is 4.79 Å². The smallest absolute Gasteiger partial charge is 0.253 e. The summed E-state index contributed by atoms with van der Waals surface area (Å²) in [6, 6.07) is 3.95. The van der Waals surface area contributed by atoms with Gasteiger partial charge in [-0.1, -0.05) is 40.9 Å². The molecule has 0 aliphatic rings. The molecule has 0 bridgehead atoms. The average Bonchev–Trinajstić information content (AvgIpc) is 2.58. The molecule has 0 fully saturated rings. The molecule has 0 amide bonds. The van der Waals surface area contributed by atoms with Crippen molar-refractivity contribution in [2.75, 3.05) is 0 Å². The summed E-state index contributed by atoms with van der Waals surface area (Å²) >= 11 is 16.9. The van der Waals surface area contributed by atoms with Gasteiger partial charge < -0.3 is 4.98 Å². The number of ketones is 1. The topological polar surface area (TPSA) is 32.9 Å². The number of rotatable bonds is 1. The maximum atomic E-state index is 12.0. The summed E-state index contributed by atoms with van der Waals surface area (Å²) in [6.45, 7) is 3.92. The third kappa shape index (κ3) is 2.30. The first kappa shape index (κ1) is 12.7. The van der Waals surface area contributed by atoms with Crippen molar-refractivity contribution in [3.8, 4) is 0 Å². The second kappa shape index (κ2) is 4.20. The predicted molar refractivity (Wildman–Crippen MR) is 72.4 cm³/mol. The molecule has 0 unspecified atom stereocenters. The molecule has 0 radical (unpaired) electrons. The first-order chi connectivity index (χ1) is 7.80. The van der Waals surface area contributed by atoms with E-state index in [9.17, 15) is 4.79 Å². The first-order valence-corrected chi connectivity index (χ1v) is 6.14. The Morgan fingerprint density at radius 3 is 2.47 bits per heavy atom. The van der Waals surface area contributed by atoms with Crippen molar-refractivity contribution in [1.82, 2.24) is 4.98 Å². The lowest BCUT2D eigenvalue weighted by atomic mass is 10.0. The molecule has 2 aromatic rings. The van der Waals surface area contributed by atoms with Gasteiger partial charge >= 0.3 is 0 Å². The van der Waals surface area contributed by atoms with E-state index in [1.54, 1.807) is 6.20 Å². The SMILES string of the molecule is Cc1cc(C)c2c(C(=O)C(Cl)(Cl)Cl)c[nH]c2c1. The molecular weight excluding hydrogens is 280 g/mol. The van der Waals surface area contributed by atoms with E-state index in [0.717, 1.165) is 22.0 Å². The largest absolute Gasteiger partial charge is 0.360 e. The van der Waals surface area contributed by atoms with Crippen LogP contribution in [0.3, 0.4) is 0 Å². The van der Waals surface area contributed by atoms with Gasteiger partial charge in [-0.05, 0) is 31.0 Å². The molecule has 1 aromatic heterocycles. The van der Waals surface area contributed by atoms with Gasteiger partial charge in [0.05, 0.1) is 0 Å². The lowest BCUT2D eigenvalue weighted by Crippen LogP contribution is -2.18. The molecule has 0 aliphatic carbocycles. The van der Waals surface area contributed by atoms with E-state index in [4.69, 9.17) is 34.8 Å². The van der Waals surface area contributed by atoms with Crippen LogP contribution in [0.1, 0.15) is 21.5 Å². The van der Waals surface area contributed by atoms with Crippen LogP contribution in [0.25, 0.3) is 10.9 Å². The summed E-state index contributed by atoms with van der Waals surface area (Å²) in [5, 5.41) is 0.812. The Hall–Kier alpha value is -0.700. The lowest BCUT2D eigenvalue weighted by molar-refractivity contribution is 0.0998. The molecule has 0 saturated heterocycles. The number of Topliss-reactive ketones (excluding diaryl/α,β-unsaturated/α-hetero) is 1. The van der Waals surface area contributed by atoms with Gasteiger partial charge in [-0.15, -0.1) is 0 Å². The van der Waals surface area contributed by atoms with Crippen LogP contribution in [0.4, 0.5) is 0 Å². The summed E-state index contributed by atoms with van der Waals surface area (Å²) in [4.78, 5) is 15.0. The third-order valence-corrected chi connectivity index (χ3v) is 3.14. The van der Waals surface area contributed by atoms with Crippen molar-refractivity contribution in [2.45, 2.75) is 17.6 Å². The highest BCUT2D eigenvalue weighted by Gasteiger charge is 2.33. The van der Waals surface area contributed by atoms with E-state index in [1.165, 1.54) is 0 Å². The van der Waals surface area contributed by atoms with E-state index in [1.807, 2.05) is 26.0 Å². The standard InChI is InChI=1S/C12H10Cl3NO/c1-6-3-7(2)10-8(5-16-9(10)4-6)11(17)12(13,14)15/h3-5,16H,1-2H3. The second-order valence-corrected chi connectivity index (χ2v) is 6.31. The minimum atomic E-state index is -1.92. The molecular formula is C12H10Cl3NO. The number of alkyl halides is 3. The molecule has 1 aromatic carbocycles. The molecule has 90 valence electrons. The molecule has 0 atom stereocenters. The van der Waals surface area contributed by atoms with Gasteiger partial charge in [0.25, 0.3) is 3.79 Å². The highest BCUT2D eigenvalue weighted by atomic mass is 35.6. The fraction of sp³-hybridized carbons (Fsp3) is 0.250. The fourth-order valence-electron chi connectivity index (χ4n) is 1.99. The van der Waals surface area contributed by atoms with Crippen molar-refractivity contribution < 1.29 is 4.79 Å². The van der Waals surface area contributed by atoms with Gasteiger partial charge in [0, 0.05) is 22.7 Å². The summed E-state index contributed by atoms with van der Waals surface area (Å²) in [7, 11) is 0. The van der Waals surface area contributed by atoms with Gasteiger partial charge in [0.15, 0.2) is 0 Å². The average molecular weight is 291 g/mol. The molecule has 0 saturated carbocycles. The van der Waals surface area contributed by atoms with Crippen LogP contribution in [0, 0.1) is 13.8 Å². The zero-order valence-electron chi connectivity index (χ0n) is 9.27. The highest BCUT2D eigenvalue weighted by Crippen LogP contribution is 2.34. The van der Waals surface area contributed by atoms with Crippen LogP contribution in [-0.4, -0.2) is 14.6 Å². The quantitative estimate of drug-likeness (QED) is 0.615. The van der Waals surface area contributed by atoms with Crippen LogP contribution in [0.15, 0.2) is 18.3 Å². The summed E-state index contributed by atoms with van der Waals surface area (Å²) in [5.74, 6) is -0.513. The summed E-state index contributed by atoms with van der Waals surface area (Å²) in [5.41, 5.74) is 3.39. The number of aromatic nitrogens is 1. The van der Waals surface area contributed by atoms with Gasteiger partial charge in [-0.25, -0.2) is 0 Å². The maximum Gasteiger partial charge on any atom is 0.253 e. The van der Waals surface area contributed by atoms with Gasteiger partial charge in [-0.2, -0.15) is 0 Å². The zero-order valence-corrected chi connectivity index (χ0v) is 11.5. The number of carbonyl (C=O) groups is 1. The van der Waals surface area contributed by atoms with E-state index in [0.29, 0.717) is 5.56 Å². The first-order valence-electron chi connectivity index (χ1n) is 5.00. The number of H-pyrrole nitrogens is 1. The van der Waals surface area contributed by atoms with E-state index in [-0.39, 0.29) is 0 Å². The van der Waals surface area contributed by atoms with Crippen LogP contribution in [-0.2, 0) is 0 Å². The number of hydrogen-bond acceptors (Lipinski definition) is 1. The second-order valence-electron chi connectivity index (χ2n) is 4.03. The Kier molecular flexibility index (Phi) is 3.15. The maximum absolute atomic E-state index is 12.0. The molecule has 2 nitrogen and oxygen atoms in total. The number of carbonyl (C=O) groups excluding carboxylic acids is 1. The monoisotopic (exact) mass is 289 g/mol. The molecule has 5 heteroatoms. The Morgan fingerprint density at radius 2 is 1.88 bits per heavy atom. The Balaban J connectivity index is 2.69. The van der Waals surface area contributed by atoms with E-state index in [2.05, 4.69) is 4.98 Å². The van der Waals surface area contributed by atoms with Crippen molar-refractivity contribution in [2.24, 2.45) is 0 Å². The molecule has 17 heavy (non-hydrogen) atoms. The van der Waals surface area contributed by atoms with Crippen molar-refractivity contribution in [3.63, 3.8) is 0 Å². The van der Waals surface area contributed by atoms with Crippen LogP contribution < -0.4 is 0 Å².